The van der Waals surface area contributed by atoms with E-state index in [2.05, 4.69) is 9.97 Å². The molecule has 1 fully saturated rings. The Kier molecular flexibility index (Phi) is 2.77. The number of carbonyl (C=O) groups is 1. The minimum atomic E-state index is -0.593. The first-order valence-electron chi connectivity index (χ1n) is 4.63. The average Bonchev–Trinajstić information content (AvgIpc) is 2.71. The van der Waals surface area contributed by atoms with Crippen LogP contribution in [0.1, 0.15) is 16.9 Å². The molecular weight excluding hydrogens is 198 g/mol. The van der Waals surface area contributed by atoms with Gasteiger partial charge in [-0.25, -0.2) is 4.98 Å². The van der Waals surface area contributed by atoms with E-state index in [4.69, 9.17) is 15.2 Å². The van der Waals surface area contributed by atoms with Crippen molar-refractivity contribution in [3.63, 3.8) is 0 Å². The number of primary amides is 1. The summed E-state index contributed by atoms with van der Waals surface area (Å²) in [7, 11) is 0. The first-order valence-corrected chi connectivity index (χ1v) is 4.63. The van der Waals surface area contributed by atoms with Gasteiger partial charge in [0.25, 0.3) is 5.91 Å². The van der Waals surface area contributed by atoms with Gasteiger partial charge < -0.3 is 15.2 Å². The van der Waals surface area contributed by atoms with Crippen LogP contribution < -0.4 is 10.5 Å². The molecule has 2 N–H and O–H groups in total. The van der Waals surface area contributed by atoms with Gasteiger partial charge in [0.1, 0.15) is 11.8 Å². The van der Waals surface area contributed by atoms with Crippen molar-refractivity contribution >= 4 is 5.91 Å². The van der Waals surface area contributed by atoms with Gasteiger partial charge in [-0.1, -0.05) is 0 Å². The summed E-state index contributed by atoms with van der Waals surface area (Å²) < 4.78 is 10.5. The van der Waals surface area contributed by atoms with Crippen LogP contribution in [-0.2, 0) is 4.74 Å². The molecule has 2 rings (SSSR count). The lowest BCUT2D eigenvalue weighted by Crippen LogP contribution is -2.19. The number of carbonyl (C=O) groups excluding carboxylic acids is 1. The van der Waals surface area contributed by atoms with Crippen molar-refractivity contribution in [2.75, 3.05) is 13.2 Å². The van der Waals surface area contributed by atoms with E-state index in [0.717, 1.165) is 6.42 Å². The molecule has 6 nitrogen and oxygen atoms in total. The van der Waals surface area contributed by atoms with Crippen LogP contribution in [0.5, 0.6) is 6.01 Å². The number of rotatable bonds is 3. The molecule has 1 aliphatic rings. The largest absolute Gasteiger partial charge is 0.458 e. The first kappa shape index (κ1) is 9.85. The standard InChI is InChI=1S/C9H11N3O3/c10-8(13)7-1-3-11-9(12-7)15-6-2-4-14-5-6/h1,3,6H,2,4-5H2,(H2,10,13)/t6-/m1/s1. The van der Waals surface area contributed by atoms with Gasteiger partial charge in [0.15, 0.2) is 0 Å². The number of amides is 1. The molecule has 2 heterocycles. The molecular formula is C9H11N3O3. The van der Waals surface area contributed by atoms with Crippen molar-refractivity contribution in [2.24, 2.45) is 5.73 Å². The Bertz CT molecular complexity index is 363. The molecule has 0 aromatic carbocycles. The molecule has 1 saturated heterocycles. The van der Waals surface area contributed by atoms with E-state index in [1.165, 1.54) is 12.3 Å². The molecule has 1 aliphatic heterocycles. The average molecular weight is 209 g/mol. The second kappa shape index (κ2) is 4.22. The van der Waals surface area contributed by atoms with Crippen LogP contribution in [0.2, 0.25) is 0 Å². The maximum Gasteiger partial charge on any atom is 0.317 e. The Morgan fingerprint density at radius 2 is 2.53 bits per heavy atom. The molecule has 6 heteroatoms. The van der Waals surface area contributed by atoms with Crippen molar-refractivity contribution in [3.8, 4) is 6.01 Å². The fraction of sp³-hybridized carbons (Fsp3) is 0.444. The highest BCUT2D eigenvalue weighted by molar-refractivity contribution is 5.90. The zero-order chi connectivity index (χ0) is 10.7. The van der Waals surface area contributed by atoms with Crippen molar-refractivity contribution in [1.82, 2.24) is 9.97 Å². The third-order valence-electron chi connectivity index (χ3n) is 2.05. The quantitative estimate of drug-likeness (QED) is 0.741. The summed E-state index contributed by atoms with van der Waals surface area (Å²) in [5.74, 6) is -0.593. The first-order chi connectivity index (χ1) is 7.25. The third-order valence-corrected chi connectivity index (χ3v) is 2.05. The second-order valence-electron chi connectivity index (χ2n) is 3.19. The molecule has 0 spiro atoms. The van der Waals surface area contributed by atoms with Crippen LogP contribution in [0.25, 0.3) is 0 Å². The molecule has 1 atom stereocenters. The van der Waals surface area contributed by atoms with Gasteiger partial charge >= 0.3 is 6.01 Å². The van der Waals surface area contributed by atoms with E-state index in [1.807, 2.05) is 0 Å². The van der Waals surface area contributed by atoms with Gasteiger partial charge in [0.2, 0.25) is 0 Å². The number of hydrogen-bond donors (Lipinski definition) is 1. The molecule has 0 aliphatic carbocycles. The van der Waals surface area contributed by atoms with Crippen LogP contribution in [0.15, 0.2) is 12.3 Å². The van der Waals surface area contributed by atoms with Crippen LogP contribution in [0, 0.1) is 0 Å². The fourth-order valence-corrected chi connectivity index (χ4v) is 1.29. The molecule has 0 bridgehead atoms. The maximum atomic E-state index is 10.8. The highest BCUT2D eigenvalue weighted by atomic mass is 16.6. The maximum absolute atomic E-state index is 10.8. The van der Waals surface area contributed by atoms with Crippen LogP contribution in [-0.4, -0.2) is 35.2 Å². The number of hydrogen-bond acceptors (Lipinski definition) is 5. The molecule has 0 radical (unpaired) electrons. The van der Waals surface area contributed by atoms with E-state index < -0.39 is 5.91 Å². The summed E-state index contributed by atoms with van der Waals surface area (Å²) >= 11 is 0. The van der Waals surface area contributed by atoms with Gasteiger partial charge in [-0.15, -0.1) is 0 Å². The summed E-state index contributed by atoms with van der Waals surface area (Å²) in [6, 6.07) is 1.61. The Balaban J connectivity index is 2.07. The van der Waals surface area contributed by atoms with Crippen LogP contribution in [0.3, 0.4) is 0 Å². The van der Waals surface area contributed by atoms with E-state index in [9.17, 15) is 4.79 Å². The molecule has 15 heavy (non-hydrogen) atoms. The molecule has 1 aromatic rings. The Hall–Kier alpha value is -1.69. The number of nitrogens with zero attached hydrogens (tertiary/aromatic N) is 2. The second-order valence-corrected chi connectivity index (χ2v) is 3.19. The molecule has 0 unspecified atom stereocenters. The smallest absolute Gasteiger partial charge is 0.317 e. The Morgan fingerprint density at radius 3 is 3.20 bits per heavy atom. The summed E-state index contributed by atoms with van der Waals surface area (Å²) in [6.45, 7) is 1.21. The van der Waals surface area contributed by atoms with Crippen molar-refractivity contribution in [1.29, 1.82) is 0 Å². The predicted molar refractivity (Wildman–Crippen MR) is 50.4 cm³/mol. The zero-order valence-corrected chi connectivity index (χ0v) is 8.05. The van der Waals surface area contributed by atoms with Crippen molar-refractivity contribution in [3.05, 3.63) is 18.0 Å². The zero-order valence-electron chi connectivity index (χ0n) is 8.05. The molecule has 80 valence electrons. The fourth-order valence-electron chi connectivity index (χ4n) is 1.29. The van der Waals surface area contributed by atoms with E-state index in [-0.39, 0.29) is 17.8 Å². The van der Waals surface area contributed by atoms with E-state index in [0.29, 0.717) is 13.2 Å². The summed E-state index contributed by atoms with van der Waals surface area (Å²) in [5.41, 5.74) is 5.23. The number of aromatic nitrogens is 2. The monoisotopic (exact) mass is 209 g/mol. The predicted octanol–water partition coefficient (Wildman–Crippen LogP) is -0.257. The highest BCUT2D eigenvalue weighted by Gasteiger charge is 2.18. The topological polar surface area (TPSA) is 87.3 Å². The van der Waals surface area contributed by atoms with Gasteiger partial charge in [0.05, 0.1) is 13.2 Å². The number of nitrogens with two attached hydrogens (primary N) is 1. The van der Waals surface area contributed by atoms with Gasteiger partial charge in [-0.05, 0) is 6.07 Å². The van der Waals surface area contributed by atoms with Crippen molar-refractivity contribution in [2.45, 2.75) is 12.5 Å². The van der Waals surface area contributed by atoms with Gasteiger partial charge in [0, 0.05) is 12.6 Å². The van der Waals surface area contributed by atoms with Gasteiger partial charge in [-0.2, -0.15) is 4.98 Å². The summed E-state index contributed by atoms with van der Waals surface area (Å²) in [6.07, 6.45) is 2.22. The minimum absolute atomic E-state index is 0.0341. The molecule has 1 aromatic heterocycles. The Morgan fingerprint density at radius 1 is 1.67 bits per heavy atom. The highest BCUT2D eigenvalue weighted by Crippen LogP contribution is 2.11. The SMILES string of the molecule is NC(=O)c1ccnc(O[C@@H]2CCOC2)n1. The van der Waals surface area contributed by atoms with Crippen molar-refractivity contribution < 1.29 is 14.3 Å². The Labute approximate surface area is 86.4 Å². The molecule has 0 saturated carbocycles. The summed E-state index contributed by atoms with van der Waals surface area (Å²) in [4.78, 5) is 18.6. The van der Waals surface area contributed by atoms with E-state index in [1.54, 1.807) is 0 Å². The van der Waals surface area contributed by atoms with Crippen LogP contribution in [0.4, 0.5) is 0 Å². The lowest BCUT2D eigenvalue weighted by molar-refractivity contribution is 0.0991. The minimum Gasteiger partial charge on any atom is -0.458 e. The normalized spacial score (nSPS) is 20.1. The lowest BCUT2D eigenvalue weighted by atomic mass is 10.3. The lowest BCUT2D eigenvalue weighted by Gasteiger charge is -2.09. The van der Waals surface area contributed by atoms with E-state index >= 15 is 0 Å². The third kappa shape index (κ3) is 2.41. The number of ether oxygens (including phenoxy) is 2. The van der Waals surface area contributed by atoms with Gasteiger partial charge in [-0.3, -0.25) is 4.79 Å². The summed E-state index contributed by atoms with van der Waals surface area (Å²) in [5, 5.41) is 0. The van der Waals surface area contributed by atoms with Crippen LogP contribution >= 0.6 is 0 Å². The molecule has 1 amide bonds.